The number of carbonyl (C=O) groups excluding carboxylic acids is 2. The third-order valence-corrected chi connectivity index (χ3v) is 16.3. The molecule has 0 saturated carbocycles. The van der Waals surface area contributed by atoms with Gasteiger partial charge in [-0.1, -0.05) is 295 Å². The molecule has 1 N–H and O–H groups in total. The van der Waals surface area contributed by atoms with Crippen molar-refractivity contribution in [3.8, 4) is 0 Å². The first-order valence-corrected chi connectivity index (χ1v) is 35.3. The van der Waals surface area contributed by atoms with Crippen LogP contribution in [0.15, 0.2) is 36.5 Å². The van der Waals surface area contributed by atoms with Crippen LogP contribution in [0.3, 0.4) is 0 Å². The molecule has 0 aromatic rings. The number of nitrogens with zero attached hydrogens (tertiary/aromatic N) is 1. The molecule has 1 amide bonds. The van der Waals surface area contributed by atoms with Crippen LogP contribution in [0.2, 0.25) is 0 Å². The van der Waals surface area contributed by atoms with Crippen LogP contribution in [-0.2, 0) is 27.9 Å². The van der Waals surface area contributed by atoms with E-state index in [0.29, 0.717) is 17.4 Å². The van der Waals surface area contributed by atoms with Crippen molar-refractivity contribution in [2.45, 2.75) is 348 Å². The molecule has 0 aliphatic rings. The van der Waals surface area contributed by atoms with E-state index in [1.54, 1.807) is 0 Å². The topological polar surface area (TPSA) is 114 Å². The smallest absolute Gasteiger partial charge is 0.306 e. The van der Waals surface area contributed by atoms with Crippen LogP contribution in [0, 0.1) is 0 Å². The summed E-state index contributed by atoms with van der Waals surface area (Å²) < 4.78 is 30.4. The van der Waals surface area contributed by atoms with Crippen molar-refractivity contribution in [2.24, 2.45) is 0 Å². The van der Waals surface area contributed by atoms with Gasteiger partial charge in [-0.25, -0.2) is 0 Å². The number of rotatable bonds is 62. The third-order valence-electron chi connectivity index (χ3n) is 15.3. The monoisotopic (exact) mass is 1120 g/mol. The van der Waals surface area contributed by atoms with Crippen LogP contribution in [0.1, 0.15) is 335 Å². The van der Waals surface area contributed by atoms with Gasteiger partial charge in [-0.05, 0) is 63.9 Å². The Morgan fingerprint density at radius 2 is 0.782 bits per heavy atom. The molecule has 0 aliphatic carbocycles. The van der Waals surface area contributed by atoms with E-state index >= 15 is 0 Å². The zero-order chi connectivity index (χ0) is 57.2. The van der Waals surface area contributed by atoms with Gasteiger partial charge < -0.3 is 28.5 Å². The summed E-state index contributed by atoms with van der Waals surface area (Å²) >= 11 is 0. The lowest BCUT2D eigenvalue weighted by atomic mass is 10.0. The molecule has 3 unspecified atom stereocenters. The first kappa shape index (κ1) is 76.2. The van der Waals surface area contributed by atoms with E-state index in [1.807, 2.05) is 33.3 Å². The highest BCUT2D eigenvalue weighted by molar-refractivity contribution is 7.45. The third kappa shape index (κ3) is 58.9. The van der Waals surface area contributed by atoms with Gasteiger partial charge in [-0.15, -0.1) is 0 Å². The second-order valence-corrected chi connectivity index (χ2v) is 25.7. The molecule has 0 aliphatic heterocycles. The number of allylic oxidation sites excluding steroid dienone is 5. The Hall–Kier alpha value is -1.77. The summed E-state index contributed by atoms with van der Waals surface area (Å²) in [7, 11) is 1.20. The van der Waals surface area contributed by atoms with Crippen molar-refractivity contribution < 1.29 is 37.3 Å². The standard InChI is InChI=1S/C68H131N2O7P/c1-7-10-13-16-19-22-25-28-30-32-33-34-35-36-37-38-40-43-46-49-52-55-58-61-68(72)77-66(59-56-53-50-47-44-41-27-24-21-18-15-12-9-3)65(64-76-78(73,74)75-63-62-70(4,5)6)69-67(71)60-57-54-51-48-45-42-39-31-29-26-23-20-17-14-11-8-2/h19,22,28,30,56,59,65-66H,7-18,20-21,23-27,29,31-55,57-58,60-64H2,1-6H3,(H-,69,71,73,74)/b22-19-,30-28-,59-56+. The van der Waals surface area contributed by atoms with Crippen LogP contribution in [0.25, 0.3) is 0 Å². The molecular formula is C68H131N2O7P. The van der Waals surface area contributed by atoms with Gasteiger partial charge in [-0.2, -0.15) is 0 Å². The van der Waals surface area contributed by atoms with Gasteiger partial charge in [0.2, 0.25) is 5.91 Å². The molecule has 0 radical (unpaired) electrons. The molecule has 0 spiro atoms. The van der Waals surface area contributed by atoms with Crippen LogP contribution in [0.4, 0.5) is 0 Å². The summed E-state index contributed by atoms with van der Waals surface area (Å²) in [5.41, 5.74) is 0. The van der Waals surface area contributed by atoms with Crippen molar-refractivity contribution in [1.82, 2.24) is 5.32 Å². The van der Waals surface area contributed by atoms with Gasteiger partial charge in [0.15, 0.2) is 0 Å². The first-order valence-electron chi connectivity index (χ1n) is 33.8. The molecule has 0 aromatic heterocycles. The Morgan fingerprint density at radius 1 is 0.449 bits per heavy atom. The Labute approximate surface area is 485 Å². The highest BCUT2D eigenvalue weighted by atomic mass is 31.2. The highest BCUT2D eigenvalue weighted by Gasteiger charge is 2.27. The van der Waals surface area contributed by atoms with Crippen molar-refractivity contribution in [2.75, 3.05) is 40.9 Å². The fourth-order valence-electron chi connectivity index (χ4n) is 10.1. The summed E-state index contributed by atoms with van der Waals surface area (Å²) in [4.78, 5) is 40.1. The molecule has 0 fully saturated rings. The lowest BCUT2D eigenvalue weighted by Gasteiger charge is -2.30. The predicted molar refractivity (Wildman–Crippen MR) is 335 cm³/mol. The average Bonchev–Trinajstić information content (AvgIpc) is 3.40. The minimum absolute atomic E-state index is 0.0192. The van der Waals surface area contributed by atoms with E-state index in [1.165, 1.54) is 238 Å². The van der Waals surface area contributed by atoms with E-state index in [0.717, 1.165) is 64.2 Å². The number of nitrogens with one attached hydrogen (secondary N) is 1. The molecule has 0 rings (SSSR count). The van der Waals surface area contributed by atoms with Crippen molar-refractivity contribution >= 4 is 19.7 Å². The number of likely N-dealkylation sites (N-methyl/N-ethyl adjacent to an activating group) is 1. The number of esters is 1. The normalized spacial score (nSPS) is 13.8. The fraction of sp³-hybridized carbons (Fsp3) is 0.882. The van der Waals surface area contributed by atoms with E-state index in [-0.39, 0.29) is 31.5 Å². The number of hydrogen-bond donors (Lipinski definition) is 1. The quantitative estimate of drug-likeness (QED) is 0.0212. The minimum Gasteiger partial charge on any atom is -0.756 e. The number of unbranched alkanes of at least 4 members (excludes halogenated alkanes) is 42. The molecule has 78 heavy (non-hydrogen) atoms. The Bertz CT molecular complexity index is 1430. The first-order chi connectivity index (χ1) is 37.9. The Morgan fingerprint density at radius 3 is 1.18 bits per heavy atom. The number of amides is 1. The molecule has 9 nitrogen and oxygen atoms in total. The van der Waals surface area contributed by atoms with Gasteiger partial charge in [-0.3, -0.25) is 14.2 Å². The van der Waals surface area contributed by atoms with Crippen LogP contribution in [-0.4, -0.2) is 69.4 Å². The van der Waals surface area contributed by atoms with Gasteiger partial charge in [0.25, 0.3) is 7.82 Å². The lowest BCUT2D eigenvalue weighted by Crippen LogP contribution is -2.47. The number of carbonyl (C=O) groups is 2. The molecule has 0 aromatic carbocycles. The maximum atomic E-state index is 13.6. The van der Waals surface area contributed by atoms with E-state index in [2.05, 4.69) is 50.4 Å². The van der Waals surface area contributed by atoms with Gasteiger partial charge in [0.1, 0.15) is 19.3 Å². The lowest BCUT2D eigenvalue weighted by molar-refractivity contribution is -0.870. The highest BCUT2D eigenvalue weighted by Crippen LogP contribution is 2.38. The molecule has 0 heterocycles. The molecule has 3 atom stereocenters. The van der Waals surface area contributed by atoms with Crippen LogP contribution >= 0.6 is 7.82 Å². The fourth-order valence-corrected chi connectivity index (χ4v) is 10.8. The van der Waals surface area contributed by atoms with Crippen LogP contribution < -0.4 is 10.2 Å². The summed E-state index contributed by atoms with van der Waals surface area (Å²) in [6.45, 7) is 6.87. The number of phosphoric ester groups is 1. The molecule has 0 saturated heterocycles. The Balaban J connectivity index is 5.13. The number of ether oxygens (including phenoxy) is 1. The second kappa shape index (κ2) is 58.4. The summed E-state index contributed by atoms with van der Waals surface area (Å²) in [5, 5.41) is 3.04. The van der Waals surface area contributed by atoms with Crippen molar-refractivity contribution in [3.63, 3.8) is 0 Å². The molecule has 460 valence electrons. The maximum Gasteiger partial charge on any atom is 0.306 e. The summed E-state index contributed by atoms with van der Waals surface area (Å²) in [6, 6.07) is -0.884. The van der Waals surface area contributed by atoms with Crippen LogP contribution in [0.5, 0.6) is 0 Å². The van der Waals surface area contributed by atoms with Crippen molar-refractivity contribution in [1.29, 1.82) is 0 Å². The number of hydrogen-bond acceptors (Lipinski definition) is 7. The van der Waals surface area contributed by atoms with E-state index in [4.69, 9.17) is 13.8 Å². The molecule has 0 bridgehead atoms. The van der Waals surface area contributed by atoms with Gasteiger partial charge in [0, 0.05) is 12.8 Å². The molecular weight excluding hydrogens is 988 g/mol. The van der Waals surface area contributed by atoms with Gasteiger partial charge in [0.05, 0.1) is 33.8 Å². The SMILES string of the molecule is CCCCC/C=C\C/C=C\CCCCCCCCCCCCCCCC(=O)OC(/C=C/CCCCCCCCCCCCC)C(COP(=O)([O-])OCC[N+](C)(C)C)NC(=O)CCCCCCCCCCCCCCCCCC. The number of quaternary nitrogens is 1. The van der Waals surface area contributed by atoms with Crippen molar-refractivity contribution in [3.05, 3.63) is 36.5 Å². The predicted octanol–water partition coefficient (Wildman–Crippen LogP) is 20.4. The maximum absolute atomic E-state index is 13.6. The number of phosphoric acid groups is 1. The van der Waals surface area contributed by atoms with Gasteiger partial charge >= 0.3 is 5.97 Å². The summed E-state index contributed by atoms with van der Waals surface area (Å²) in [5.74, 6) is -0.523. The molecule has 10 heteroatoms. The summed E-state index contributed by atoms with van der Waals surface area (Å²) in [6.07, 6.45) is 71.1. The minimum atomic E-state index is -4.70. The zero-order valence-corrected chi connectivity index (χ0v) is 53.5. The largest absolute Gasteiger partial charge is 0.756 e. The second-order valence-electron chi connectivity index (χ2n) is 24.3. The zero-order valence-electron chi connectivity index (χ0n) is 52.6. The van der Waals surface area contributed by atoms with E-state index in [9.17, 15) is 19.0 Å². The van der Waals surface area contributed by atoms with E-state index < -0.39 is 20.0 Å². The average molecular weight is 1120 g/mol. The Kier molecular flexibility index (Phi) is 57.1.